The number of amides is 1. The number of carbonyl (C=O) groups excluding carboxylic acids is 1. The van der Waals surface area contributed by atoms with E-state index in [1.165, 1.54) is 0 Å². The summed E-state index contributed by atoms with van der Waals surface area (Å²) < 4.78 is 30.5. The largest absolute Gasteiger partial charge is 0.274 e. The Morgan fingerprint density at radius 1 is 0.774 bits per heavy atom. The molecule has 31 heavy (non-hydrogen) atoms. The van der Waals surface area contributed by atoms with Crippen molar-refractivity contribution in [3.8, 4) is 0 Å². The van der Waals surface area contributed by atoms with Crippen LogP contribution in [0.2, 0.25) is 0 Å². The van der Waals surface area contributed by atoms with Gasteiger partial charge < -0.3 is 0 Å². The van der Waals surface area contributed by atoms with Crippen LogP contribution in [-0.4, -0.2) is 25.2 Å². The number of piperidine rings is 1. The van der Waals surface area contributed by atoms with Crippen molar-refractivity contribution in [3.05, 3.63) is 96.6 Å². The number of hydrogen-bond acceptors (Lipinski definition) is 3. The third-order valence-corrected chi connectivity index (χ3v) is 7.99. The quantitative estimate of drug-likeness (QED) is 0.615. The fourth-order valence-electron chi connectivity index (χ4n) is 3.79. The van der Waals surface area contributed by atoms with Crippen molar-refractivity contribution in [1.82, 2.24) is 9.03 Å². The van der Waals surface area contributed by atoms with Crippen LogP contribution in [0.15, 0.2) is 101 Å². The first-order chi connectivity index (χ1) is 15.1. The van der Waals surface area contributed by atoms with Gasteiger partial charge in [-0.05, 0) is 42.7 Å². The minimum atomic E-state index is -1.61. The molecule has 4 rings (SSSR count). The van der Waals surface area contributed by atoms with Crippen molar-refractivity contribution in [2.75, 3.05) is 6.54 Å². The highest BCUT2D eigenvalue weighted by atomic mass is 32.2. The number of carbonyl (C=O) groups is 1. The molecule has 1 heterocycles. The predicted molar refractivity (Wildman–Crippen MR) is 122 cm³/mol. The normalized spacial score (nSPS) is 21.2. The summed E-state index contributed by atoms with van der Waals surface area (Å²) >= 11 is 0. The van der Waals surface area contributed by atoms with Gasteiger partial charge in [0.2, 0.25) is 5.91 Å². The zero-order chi connectivity index (χ0) is 21.6. The van der Waals surface area contributed by atoms with E-state index in [1.807, 2.05) is 71.0 Å². The maximum atomic E-state index is 13.4. The van der Waals surface area contributed by atoms with Crippen LogP contribution in [0.3, 0.4) is 0 Å². The molecule has 0 aliphatic carbocycles. The van der Waals surface area contributed by atoms with Gasteiger partial charge in [0.05, 0.1) is 15.7 Å². The lowest BCUT2D eigenvalue weighted by Crippen LogP contribution is -2.45. The lowest BCUT2D eigenvalue weighted by atomic mass is 9.90. The van der Waals surface area contributed by atoms with E-state index < -0.39 is 22.0 Å². The summed E-state index contributed by atoms with van der Waals surface area (Å²) in [6.07, 6.45) is 1.33. The van der Waals surface area contributed by atoms with Gasteiger partial charge in [0, 0.05) is 12.6 Å². The standard InChI is InChI=1S/C24H24N2O3S2/c27-24(25-30(28)21-12-6-2-7-13-21)20-16-17-23(19-10-4-1-5-11-19)26(18-20)31(29)22-14-8-3-9-15-22/h1-15,20,23H,16-18H2,(H,25,27)/t20-,23-,30?,31?/m1/s1. The Hall–Kier alpha value is -2.61. The second kappa shape index (κ2) is 10.1. The number of nitrogens with zero attached hydrogens (tertiary/aromatic N) is 1. The highest BCUT2D eigenvalue weighted by Gasteiger charge is 2.36. The minimum absolute atomic E-state index is 0.0501. The molecule has 1 amide bonds. The van der Waals surface area contributed by atoms with Crippen molar-refractivity contribution in [3.63, 3.8) is 0 Å². The van der Waals surface area contributed by atoms with Gasteiger partial charge in [0.1, 0.15) is 11.0 Å². The fraction of sp³-hybridized carbons (Fsp3) is 0.208. The van der Waals surface area contributed by atoms with Crippen LogP contribution < -0.4 is 4.72 Å². The predicted octanol–water partition coefficient (Wildman–Crippen LogP) is 4.00. The third-order valence-electron chi connectivity index (χ3n) is 5.40. The Morgan fingerprint density at radius 2 is 1.32 bits per heavy atom. The molecule has 1 aliphatic heterocycles. The summed E-state index contributed by atoms with van der Waals surface area (Å²) in [6, 6.07) is 28.1. The van der Waals surface area contributed by atoms with Crippen LogP contribution >= 0.6 is 0 Å². The van der Waals surface area contributed by atoms with Crippen molar-refractivity contribution >= 4 is 27.9 Å². The van der Waals surface area contributed by atoms with E-state index >= 15 is 0 Å². The maximum absolute atomic E-state index is 13.4. The van der Waals surface area contributed by atoms with Crippen LogP contribution in [0.25, 0.3) is 0 Å². The Morgan fingerprint density at radius 3 is 1.94 bits per heavy atom. The molecule has 0 saturated carbocycles. The molecule has 1 fully saturated rings. The van der Waals surface area contributed by atoms with Crippen molar-refractivity contribution in [2.24, 2.45) is 5.92 Å². The number of rotatable bonds is 6. The van der Waals surface area contributed by atoms with E-state index in [4.69, 9.17) is 0 Å². The zero-order valence-electron chi connectivity index (χ0n) is 16.9. The second-order valence-electron chi connectivity index (χ2n) is 7.41. The van der Waals surface area contributed by atoms with Crippen molar-refractivity contribution in [2.45, 2.75) is 28.7 Å². The molecule has 2 unspecified atom stereocenters. The lowest BCUT2D eigenvalue weighted by molar-refractivity contribution is -0.124. The monoisotopic (exact) mass is 452 g/mol. The first-order valence-corrected chi connectivity index (χ1v) is 12.4. The Bertz CT molecular complexity index is 1060. The van der Waals surface area contributed by atoms with E-state index in [0.717, 1.165) is 5.56 Å². The van der Waals surface area contributed by atoms with Crippen LogP contribution in [0.1, 0.15) is 24.4 Å². The lowest BCUT2D eigenvalue weighted by Gasteiger charge is -2.38. The van der Waals surface area contributed by atoms with Gasteiger partial charge in [-0.2, -0.15) is 0 Å². The summed E-state index contributed by atoms with van der Waals surface area (Å²) in [5.74, 6) is -0.663. The van der Waals surface area contributed by atoms with Gasteiger partial charge in [-0.25, -0.2) is 12.7 Å². The van der Waals surface area contributed by atoms with Crippen LogP contribution in [0.4, 0.5) is 0 Å². The van der Waals surface area contributed by atoms with E-state index in [1.54, 1.807) is 24.3 Å². The molecule has 4 atom stereocenters. The molecule has 1 N–H and O–H groups in total. The SMILES string of the molecule is O=C(NS(=O)c1ccccc1)[C@@H]1CC[C@H](c2ccccc2)N(S(=O)c2ccccc2)C1. The van der Waals surface area contributed by atoms with Gasteiger partial charge in [-0.15, -0.1) is 0 Å². The Labute approximate surface area is 187 Å². The van der Waals surface area contributed by atoms with Gasteiger partial charge in [-0.3, -0.25) is 9.52 Å². The minimum Gasteiger partial charge on any atom is -0.274 e. The first kappa shape index (κ1) is 21.6. The molecule has 0 spiro atoms. The average Bonchev–Trinajstić information content (AvgIpc) is 2.84. The van der Waals surface area contributed by atoms with Gasteiger partial charge in [0.25, 0.3) is 0 Å². The molecule has 1 saturated heterocycles. The van der Waals surface area contributed by atoms with Crippen molar-refractivity contribution < 1.29 is 13.2 Å². The Balaban J connectivity index is 1.54. The molecular formula is C24H24N2O3S2. The summed E-state index contributed by atoms with van der Waals surface area (Å²) in [7, 11) is -3.02. The van der Waals surface area contributed by atoms with Gasteiger partial charge >= 0.3 is 0 Å². The molecule has 3 aromatic rings. The molecule has 0 aromatic heterocycles. The molecular weight excluding hydrogens is 428 g/mol. The second-order valence-corrected chi connectivity index (χ2v) is 10.1. The van der Waals surface area contributed by atoms with Crippen LogP contribution in [0, 0.1) is 5.92 Å². The molecule has 160 valence electrons. The van der Waals surface area contributed by atoms with Gasteiger partial charge in [-0.1, -0.05) is 66.7 Å². The summed E-state index contributed by atoms with van der Waals surface area (Å²) in [6.45, 7) is 0.332. The summed E-state index contributed by atoms with van der Waals surface area (Å²) in [4.78, 5) is 14.2. The Kier molecular flexibility index (Phi) is 7.06. The molecule has 0 bridgehead atoms. The molecule has 7 heteroatoms. The number of benzene rings is 3. The third kappa shape index (κ3) is 5.18. The average molecular weight is 453 g/mol. The fourth-order valence-corrected chi connectivity index (χ4v) is 6.10. The highest BCUT2D eigenvalue weighted by Crippen LogP contribution is 2.36. The van der Waals surface area contributed by atoms with E-state index in [0.29, 0.717) is 29.2 Å². The molecule has 1 aliphatic rings. The maximum Gasteiger partial charge on any atom is 0.236 e. The first-order valence-electron chi connectivity index (χ1n) is 10.2. The van der Waals surface area contributed by atoms with E-state index in [-0.39, 0.29) is 17.9 Å². The van der Waals surface area contributed by atoms with E-state index in [2.05, 4.69) is 4.72 Å². The van der Waals surface area contributed by atoms with Crippen molar-refractivity contribution in [1.29, 1.82) is 0 Å². The van der Waals surface area contributed by atoms with Gasteiger partial charge in [0.15, 0.2) is 11.0 Å². The molecule has 5 nitrogen and oxygen atoms in total. The highest BCUT2D eigenvalue weighted by molar-refractivity contribution is 7.83. The number of hydrogen-bond donors (Lipinski definition) is 1. The summed E-state index contributed by atoms with van der Waals surface area (Å²) in [5.41, 5.74) is 1.08. The van der Waals surface area contributed by atoms with Crippen LogP contribution in [-0.2, 0) is 26.8 Å². The van der Waals surface area contributed by atoms with Crippen LogP contribution in [0.5, 0.6) is 0 Å². The zero-order valence-corrected chi connectivity index (χ0v) is 18.6. The molecule has 0 radical (unpaired) electrons. The van der Waals surface area contributed by atoms with E-state index in [9.17, 15) is 13.2 Å². The summed E-state index contributed by atoms with van der Waals surface area (Å²) in [5, 5.41) is 0. The molecule has 3 aromatic carbocycles. The number of nitrogens with one attached hydrogen (secondary N) is 1. The smallest absolute Gasteiger partial charge is 0.236 e. The topological polar surface area (TPSA) is 66.5 Å².